The van der Waals surface area contributed by atoms with Gasteiger partial charge in [-0.1, -0.05) is 36.4 Å². The van der Waals surface area contributed by atoms with Crippen molar-refractivity contribution in [3.05, 3.63) is 72.1 Å². The van der Waals surface area contributed by atoms with Crippen molar-refractivity contribution in [1.82, 2.24) is 9.88 Å². The first-order chi connectivity index (χ1) is 13.7. The van der Waals surface area contributed by atoms with Crippen LogP contribution in [0.25, 0.3) is 6.08 Å². The SMILES string of the molecule is O=C(OCCCc1cccnc1)C1CCN(C(=O)C=Cc2ccccc2)CC1. The minimum atomic E-state index is -0.141. The molecule has 5 nitrogen and oxygen atoms in total. The lowest BCUT2D eigenvalue weighted by atomic mass is 9.97. The Morgan fingerprint density at radius 2 is 1.89 bits per heavy atom. The average Bonchev–Trinajstić information content (AvgIpc) is 2.76. The summed E-state index contributed by atoms with van der Waals surface area (Å²) < 4.78 is 5.43. The first-order valence-corrected chi connectivity index (χ1v) is 9.80. The summed E-state index contributed by atoms with van der Waals surface area (Å²) in [6, 6.07) is 13.7. The van der Waals surface area contributed by atoms with E-state index in [9.17, 15) is 9.59 Å². The molecular weight excluding hydrogens is 352 g/mol. The Kier molecular flexibility index (Phi) is 7.36. The van der Waals surface area contributed by atoms with Gasteiger partial charge in [-0.3, -0.25) is 14.6 Å². The van der Waals surface area contributed by atoms with E-state index in [2.05, 4.69) is 4.98 Å². The summed E-state index contributed by atoms with van der Waals surface area (Å²) in [7, 11) is 0. The highest BCUT2D eigenvalue weighted by Crippen LogP contribution is 2.19. The van der Waals surface area contributed by atoms with Crippen LogP contribution >= 0.6 is 0 Å². The second kappa shape index (κ2) is 10.4. The second-order valence-corrected chi connectivity index (χ2v) is 6.98. The van der Waals surface area contributed by atoms with Gasteiger partial charge in [0.2, 0.25) is 5.91 Å². The summed E-state index contributed by atoms with van der Waals surface area (Å²) >= 11 is 0. The number of esters is 1. The molecule has 3 rings (SSSR count). The molecule has 0 unspecified atom stereocenters. The van der Waals surface area contributed by atoms with Gasteiger partial charge in [-0.25, -0.2) is 0 Å². The van der Waals surface area contributed by atoms with Crippen molar-refractivity contribution in [1.29, 1.82) is 0 Å². The molecule has 2 aromatic rings. The van der Waals surface area contributed by atoms with Gasteiger partial charge in [-0.15, -0.1) is 0 Å². The molecule has 0 aliphatic carbocycles. The summed E-state index contributed by atoms with van der Waals surface area (Å²) in [4.78, 5) is 30.4. The zero-order chi connectivity index (χ0) is 19.6. The van der Waals surface area contributed by atoms with E-state index in [0.717, 1.165) is 24.0 Å². The van der Waals surface area contributed by atoms with E-state index in [0.29, 0.717) is 32.5 Å². The van der Waals surface area contributed by atoms with Gasteiger partial charge in [0.25, 0.3) is 0 Å². The average molecular weight is 378 g/mol. The van der Waals surface area contributed by atoms with Crippen molar-refractivity contribution >= 4 is 18.0 Å². The van der Waals surface area contributed by atoms with Gasteiger partial charge in [0.1, 0.15) is 0 Å². The van der Waals surface area contributed by atoms with Gasteiger partial charge < -0.3 is 9.64 Å². The number of likely N-dealkylation sites (tertiary alicyclic amines) is 1. The molecule has 0 spiro atoms. The molecule has 28 heavy (non-hydrogen) atoms. The number of rotatable bonds is 7. The van der Waals surface area contributed by atoms with E-state index < -0.39 is 0 Å². The predicted molar refractivity (Wildman–Crippen MR) is 108 cm³/mol. The molecule has 0 radical (unpaired) electrons. The van der Waals surface area contributed by atoms with Crippen molar-refractivity contribution in [2.24, 2.45) is 5.92 Å². The molecule has 1 aromatic heterocycles. The molecule has 5 heteroatoms. The molecule has 0 bridgehead atoms. The Balaban J connectivity index is 1.35. The van der Waals surface area contributed by atoms with E-state index >= 15 is 0 Å². The predicted octanol–water partition coefficient (Wildman–Crippen LogP) is 3.51. The number of carbonyl (C=O) groups excluding carboxylic acids is 2. The fraction of sp³-hybridized carbons (Fsp3) is 0.348. The monoisotopic (exact) mass is 378 g/mol. The van der Waals surface area contributed by atoms with Crippen molar-refractivity contribution in [2.45, 2.75) is 25.7 Å². The molecule has 1 aromatic carbocycles. The van der Waals surface area contributed by atoms with Crippen LogP contribution in [0.1, 0.15) is 30.4 Å². The van der Waals surface area contributed by atoms with Gasteiger partial charge in [0.05, 0.1) is 12.5 Å². The number of benzene rings is 1. The first kappa shape index (κ1) is 19.8. The summed E-state index contributed by atoms with van der Waals surface area (Å²) in [6.07, 6.45) is 9.97. The summed E-state index contributed by atoms with van der Waals surface area (Å²) in [6.45, 7) is 1.60. The zero-order valence-electron chi connectivity index (χ0n) is 16.0. The van der Waals surface area contributed by atoms with E-state index in [-0.39, 0.29) is 17.8 Å². The fourth-order valence-electron chi connectivity index (χ4n) is 3.29. The number of aromatic nitrogens is 1. The van der Waals surface area contributed by atoms with Crippen LogP contribution in [0, 0.1) is 5.92 Å². The van der Waals surface area contributed by atoms with Crippen LogP contribution in [0.5, 0.6) is 0 Å². The zero-order valence-corrected chi connectivity index (χ0v) is 16.0. The number of aryl methyl sites for hydroxylation is 1. The van der Waals surface area contributed by atoms with Crippen LogP contribution in [0.2, 0.25) is 0 Å². The van der Waals surface area contributed by atoms with Crippen LogP contribution < -0.4 is 0 Å². The van der Waals surface area contributed by atoms with Gasteiger partial charge in [-0.05, 0) is 49.0 Å². The van der Waals surface area contributed by atoms with Gasteiger partial charge in [0, 0.05) is 31.6 Å². The molecule has 2 heterocycles. The fourth-order valence-corrected chi connectivity index (χ4v) is 3.29. The topological polar surface area (TPSA) is 59.5 Å². The maximum Gasteiger partial charge on any atom is 0.309 e. The smallest absolute Gasteiger partial charge is 0.309 e. The summed E-state index contributed by atoms with van der Waals surface area (Å²) in [5.41, 5.74) is 2.15. The van der Waals surface area contributed by atoms with E-state index in [1.54, 1.807) is 17.2 Å². The molecule has 1 saturated heterocycles. The Morgan fingerprint density at radius 1 is 1.11 bits per heavy atom. The lowest BCUT2D eigenvalue weighted by molar-refractivity contribution is -0.151. The minimum absolute atomic E-state index is 0.00728. The molecule has 1 aliphatic rings. The molecule has 146 valence electrons. The highest BCUT2D eigenvalue weighted by Gasteiger charge is 2.27. The van der Waals surface area contributed by atoms with E-state index in [1.807, 2.05) is 54.7 Å². The number of ether oxygens (including phenoxy) is 1. The molecule has 1 amide bonds. The third-order valence-electron chi connectivity index (χ3n) is 4.93. The highest BCUT2D eigenvalue weighted by molar-refractivity contribution is 5.92. The third-order valence-corrected chi connectivity index (χ3v) is 4.93. The number of nitrogens with zero attached hydrogens (tertiary/aromatic N) is 2. The lowest BCUT2D eigenvalue weighted by Crippen LogP contribution is -2.39. The molecule has 1 fully saturated rings. The molecule has 0 N–H and O–H groups in total. The standard InChI is InChI=1S/C23H26N2O3/c26-22(11-10-19-6-2-1-3-7-19)25-15-12-21(13-16-25)23(27)28-17-5-9-20-8-4-14-24-18-20/h1-4,6-8,10-11,14,18,21H,5,9,12-13,15-17H2. The Labute approximate surface area is 166 Å². The molecule has 0 saturated carbocycles. The van der Waals surface area contributed by atoms with Crippen molar-refractivity contribution in [3.63, 3.8) is 0 Å². The second-order valence-electron chi connectivity index (χ2n) is 6.98. The quantitative estimate of drug-likeness (QED) is 0.420. The summed E-state index contributed by atoms with van der Waals surface area (Å²) in [5, 5.41) is 0. The molecule has 1 aliphatic heterocycles. The Morgan fingerprint density at radius 3 is 2.61 bits per heavy atom. The number of piperidine rings is 1. The van der Waals surface area contributed by atoms with Crippen LogP contribution in [0.15, 0.2) is 60.9 Å². The van der Waals surface area contributed by atoms with Crippen molar-refractivity contribution in [3.8, 4) is 0 Å². The number of pyridine rings is 1. The number of hydrogen-bond acceptors (Lipinski definition) is 4. The lowest BCUT2D eigenvalue weighted by Gasteiger charge is -2.30. The summed E-state index contributed by atoms with van der Waals surface area (Å²) in [5.74, 6) is -0.259. The number of amides is 1. The van der Waals surface area contributed by atoms with Crippen molar-refractivity contribution in [2.75, 3.05) is 19.7 Å². The van der Waals surface area contributed by atoms with Crippen LogP contribution in [-0.4, -0.2) is 41.5 Å². The van der Waals surface area contributed by atoms with Gasteiger partial charge in [-0.2, -0.15) is 0 Å². The van der Waals surface area contributed by atoms with Crippen molar-refractivity contribution < 1.29 is 14.3 Å². The van der Waals surface area contributed by atoms with E-state index in [4.69, 9.17) is 4.74 Å². The Bertz CT molecular complexity index is 782. The maximum atomic E-state index is 12.3. The Hall–Kier alpha value is -2.95. The third kappa shape index (κ3) is 6.05. The highest BCUT2D eigenvalue weighted by atomic mass is 16.5. The van der Waals surface area contributed by atoms with Crippen LogP contribution in [-0.2, 0) is 20.7 Å². The normalized spacial score (nSPS) is 14.9. The van der Waals surface area contributed by atoms with Gasteiger partial charge in [0.15, 0.2) is 0 Å². The minimum Gasteiger partial charge on any atom is -0.465 e. The maximum absolute atomic E-state index is 12.3. The molecule has 0 atom stereocenters. The van der Waals surface area contributed by atoms with E-state index in [1.165, 1.54) is 0 Å². The van der Waals surface area contributed by atoms with Crippen LogP contribution in [0.4, 0.5) is 0 Å². The van der Waals surface area contributed by atoms with Crippen LogP contribution in [0.3, 0.4) is 0 Å². The number of hydrogen-bond donors (Lipinski definition) is 0. The van der Waals surface area contributed by atoms with Gasteiger partial charge >= 0.3 is 5.97 Å². The molecular formula is C23H26N2O3. The first-order valence-electron chi connectivity index (χ1n) is 9.80. The largest absolute Gasteiger partial charge is 0.465 e. The number of carbonyl (C=O) groups is 2.